The predicted molar refractivity (Wildman–Crippen MR) is 70.6 cm³/mol. The van der Waals surface area contributed by atoms with Gasteiger partial charge < -0.3 is 5.11 Å². The molecule has 0 spiro atoms. The van der Waals surface area contributed by atoms with E-state index < -0.39 is 11.5 Å². The molecule has 0 fully saturated rings. The van der Waals surface area contributed by atoms with Crippen LogP contribution in [0, 0.1) is 6.92 Å². The average molecular weight is 259 g/mol. The van der Waals surface area contributed by atoms with Gasteiger partial charge in [-0.25, -0.2) is 4.79 Å². The van der Waals surface area contributed by atoms with Crippen molar-refractivity contribution in [3.05, 3.63) is 45.9 Å². The van der Waals surface area contributed by atoms with E-state index in [-0.39, 0.29) is 18.0 Å². The first-order valence-corrected chi connectivity index (χ1v) is 5.77. The van der Waals surface area contributed by atoms with Crippen LogP contribution in [0.15, 0.2) is 29.1 Å². The molecule has 0 saturated heterocycles. The molecule has 1 N–H and O–H groups in total. The Morgan fingerprint density at radius 2 is 1.95 bits per heavy atom. The predicted octanol–water partition coefficient (Wildman–Crippen LogP) is 1.60. The van der Waals surface area contributed by atoms with Crippen molar-refractivity contribution in [2.45, 2.75) is 20.4 Å². The average Bonchev–Trinajstić information content (AvgIpc) is 2.31. The molecule has 2 aromatic rings. The van der Waals surface area contributed by atoms with Crippen molar-refractivity contribution in [1.29, 1.82) is 0 Å². The Labute approximate surface area is 109 Å². The fourth-order valence-electron chi connectivity index (χ4n) is 2.03. The topological polar surface area (TPSA) is 76.4 Å². The molecule has 0 aliphatic rings. The molecule has 0 radical (unpaired) electrons. The van der Waals surface area contributed by atoms with E-state index in [4.69, 9.17) is 5.11 Å². The number of fused-ring (bicyclic) bond motifs is 1. The van der Waals surface area contributed by atoms with Gasteiger partial charge in [0.1, 0.15) is 11.5 Å². The van der Waals surface area contributed by atoms with Crippen LogP contribution >= 0.6 is 0 Å². The molecule has 1 aromatic carbocycles. The number of pyridine rings is 1. The van der Waals surface area contributed by atoms with Crippen molar-refractivity contribution in [2.75, 3.05) is 0 Å². The lowest BCUT2D eigenvalue weighted by molar-refractivity contribution is -0.117. The third-order valence-corrected chi connectivity index (χ3v) is 2.87. The summed E-state index contributed by atoms with van der Waals surface area (Å²) >= 11 is 0. The second kappa shape index (κ2) is 4.68. The Hall–Kier alpha value is -2.43. The fourth-order valence-corrected chi connectivity index (χ4v) is 2.03. The molecule has 0 unspecified atom stereocenters. The van der Waals surface area contributed by atoms with E-state index in [1.807, 2.05) is 6.92 Å². The van der Waals surface area contributed by atoms with Gasteiger partial charge in [0.25, 0.3) is 5.56 Å². The highest BCUT2D eigenvalue weighted by molar-refractivity contribution is 5.93. The second-order valence-electron chi connectivity index (χ2n) is 4.52. The number of benzene rings is 1. The van der Waals surface area contributed by atoms with Crippen LogP contribution in [0.25, 0.3) is 10.8 Å². The Morgan fingerprint density at radius 3 is 2.53 bits per heavy atom. The van der Waals surface area contributed by atoms with Crippen LogP contribution in [0.2, 0.25) is 0 Å². The number of Topliss-reactive ketones (excluding diaryl/α,β-unsaturated/α-hetero) is 1. The molecular weight excluding hydrogens is 246 g/mol. The molecule has 1 aromatic heterocycles. The van der Waals surface area contributed by atoms with Crippen molar-refractivity contribution in [3.8, 4) is 0 Å². The number of hydrogen-bond acceptors (Lipinski definition) is 3. The quantitative estimate of drug-likeness (QED) is 0.908. The Morgan fingerprint density at radius 1 is 1.26 bits per heavy atom. The van der Waals surface area contributed by atoms with Gasteiger partial charge in [-0.1, -0.05) is 17.7 Å². The summed E-state index contributed by atoms with van der Waals surface area (Å²) in [6.45, 7) is 2.95. The first-order chi connectivity index (χ1) is 8.90. The summed E-state index contributed by atoms with van der Waals surface area (Å²) in [4.78, 5) is 34.6. The lowest BCUT2D eigenvalue weighted by Crippen LogP contribution is -2.28. The molecule has 0 atom stereocenters. The molecule has 98 valence electrons. The molecule has 19 heavy (non-hydrogen) atoms. The summed E-state index contributed by atoms with van der Waals surface area (Å²) in [5.74, 6) is -1.49. The summed E-state index contributed by atoms with van der Waals surface area (Å²) in [5, 5.41) is 10.1. The van der Waals surface area contributed by atoms with Crippen molar-refractivity contribution in [2.24, 2.45) is 0 Å². The standard InChI is InChI=1S/C14H13NO4/c1-8-3-4-11-10(5-8)6-12(14(18)19)15(13(11)17)7-9(2)16/h3-6H,7H2,1-2H3,(H,18,19). The number of hydrogen-bond donors (Lipinski definition) is 1. The monoisotopic (exact) mass is 259 g/mol. The highest BCUT2D eigenvalue weighted by Crippen LogP contribution is 2.14. The van der Waals surface area contributed by atoms with Gasteiger partial charge in [-0.3, -0.25) is 14.2 Å². The minimum Gasteiger partial charge on any atom is -0.477 e. The molecule has 5 nitrogen and oxygen atoms in total. The van der Waals surface area contributed by atoms with Gasteiger partial charge in [-0.15, -0.1) is 0 Å². The van der Waals surface area contributed by atoms with Crippen LogP contribution in [0.5, 0.6) is 0 Å². The number of carboxylic acids is 1. The number of rotatable bonds is 3. The van der Waals surface area contributed by atoms with E-state index in [1.54, 1.807) is 18.2 Å². The van der Waals surface area contributed by atoms with E-state index in [2.05, 4.69) is 0 Å². The number of aromatic nitrogens is 1. The van der Waals surface area contributed by atoms with Gasteiger partial charge >= 0.3 is 5.97 Å². The minimum absolute atomic E-state index is 0.168. The van der Waals surface area contributed by atoms with Crippen LogP contribution in [-0.2, 0) is 11.3 Å². The van der Waals surface area contributed by atoms with Gasteiger partial charge in [0.2, 0.25) is 0 Å². The number of carbonyl (C=O) groups excluding carboxylic acids is 1. The van der Waals surface area contributed by atoms with Crippen LogP contribution in [-0.4, -0.2) is 21.4 Å². The van der Waals surface area contributed by atoms with Gasteiger partial charge in [-0.2, -0.15) is 0 Å². The summed E-state index contributed by atoms with van der Waals surface area (Å²) in [6.07, 6.45) is 0. The second-order valence-corrected chi connectivity index (χ2v) is 4.52. The molecule has 0 saturated carbocycles. The van der Waals surface area contributed by atoms with E-state index in [0.717, 1.165) is 10.1 Å². The van der Waals surface area contributed by atoms with Gasteiger partial charge in [-0.05, 0) is 31.4 Å². The van der Waals surface area contributed by atoms with Gasteiger partial charge in [0, 0.05) is 5.39 Å². The van der Waals surface area contributed by atoms with E-state index in [1.165, 1.54) is 13.0 Å². The number of carboxylic acid groups (broad SMARTS) is 1. The summed E-state index contributed by atoms with van der Waals surface area (Å²) in [7, 11) is 0. The Kier molecular flexibility index (Phi) is 3.21. The maximum atomic E-state index is 12.2. The lowest BCUT2D eigenvalue weighted by Gasteiger charge is -2.10. The van der Waals surface area contributed by atoms with E-state index in [9.17, 15) is 14.4 Å². The molecule has 0 bridgehead atoms. The zero-order valence-corrected chi connectivity index (χ0v) is 10.6. The number of carbonyl (C=O) groups is 2. The van der Waals surface area contributed by atoms with Crippen molar-refractivity contribution in [1.82, 2.24) is 4.57 Å². The molecule has 1 heterocycles. The number of nitrogens with zero attached hydrogens (tertiary/aromatic N) is 1. The zero-order valence-electron chi connectivity index (χ0n) is 10.6. The molecule has 2 rings (SSSR count). The van der Waals surface area contributed by atoms with E-state index >= 15 is 0 Å². The zero-order chi connectivity index (χ0) is 14.2. The lowest BCUT2D eigenvalue weighted by atomic mass is 10.1. The number of aryl methyl sites for hydroxylation is 1. The molecule has 0 amide bonds. The van der Waals surface area contributed by atoms with Crippen LogP contribution in [0.4, 0.5) is 0 Å². The number of ketones is 1. The summed E-state index contributed by atoms with van der Waals surface area (Å²) in [5.41, 5.74) is 0.316. The minimum atomic E-state index is -1.22. The molecule has 5 heteroatoms. The van der Waals surface area contributed by atoms with Crippen molar-refractivity contribution >= 4 is 22.5 Å². The molecule has 0 aliphatic carbocycles. The highest BCUT2D eigenvalue weighted by Gasteiger charge is 2.15. The third-order valence-electron chi connectivity index (χ3n) is 2.87. The van der Waals surface area contributed by atoms with Gasteiger partial charge in [0.15, 0.2) is 0 Å². The maximum Gasteiger partial charge on any atom is 0.352 e. The maximum absolute atomic E-state index is 12.2. The smallest absolute Gasteiger partial charge is 0.352 e. The SMILES string of the molecule is CC(=O)Cn1c(C(=O)O)cc2cc(C)ccc2c1=O. The van der Waals surface area contributed by atoms with Crippen molar-refractivity contribution < 1.29 is 14.7 Å². The fraction of sp³-hybridized carbons (Fsp3) is 0.214. The van der Waals surface area contributed by atoms with Gasteiger partial charge in [0.05, 0.1) is 6.54 Å². The Balaban J connectivity index is 2.85. The first kappa shape index (κ1) is 13.0. The summed E-state index contributed by atoms with van der Waals surface area (Å²) < 4.78 is 1.00. The van der Waals surface area contributed by atoms with Crippen LogP contribution in [0.1, 0.15) is 23.0 Å². The normalized spacial score (nSPS) is 10.6. The molecule has 0 aliphatic heterocycles. The van der Waals surface area contributed by atoms with Crippen molar-refractivity contribution in [3.63, 3.8) is 0 Å². The van der Waals surface area contributed by atoms with Crippen LogP contribution in [0.3, 0.4) is 0 Å². The first-order valence-electron chi connectivity index (χ1n) is 5.77. The number of aromatic carboxylic acids is 1. The van der Waals surface area contributed by atoms with Crippen LogP contribution < -0.4 is 5.56 Å². The largest absolute Gasteiger partial charge is 0.477 e. The third kappa shape index (κ3) is 2.40. The van der Waals surface area contributed by atoms with E-state index in [0.29, 0.717) is 10.8 Å². The summed E-state index contributed by atoms with van der Waals surface area (Å²) in [6, 6.07) is 6.60. The Bertz CT molecular complexity index is 743. The molecular formula is C14H13NO4. The highest BCUT2D eigenvalue weighted by atomic mass is 16.4.